The summed E-state index contributed by atoms with van der Waals surface area (Å²) >= 11 is 3.31. The van der Waals surface area contributed by atoms with Crippen LogP contribution in [0.3, 0.4) is 0 Å². The Kier molecular flexibility index (Phi) is 4.78. The number of hydrogen-bond acceptors (Lipinski definition) is 4. The van der Waals surface area contributed by atoms with Gasteiger partial charge in [0.15, 0.2) is 0 Å². The lowest BCUT2D eigenvalue weighted by Crippen LogP contribution is -2.40. The van der Waals surface area contributed by atoms with Crippen molar-refractivity contribution in [3.8, 4) is 0 Å². The van der Waals surface area contributed by atoms with E-state index in [0.717, 1.165) is 0 Å². The summed E-state index contributed by atoms with van der Waals surface area (Å²) in [6.07, 6.45) is 0.0929. The number of hydrogen-bond donors (Lipinski definition) is 0. The van der Waals surface area contributed by atoms with Crippen LogP contribution in [0.2, 0.25) is 0 Å². The van der Waals surface area contributed by atoms with E-state index in [1.54, 1.807) is 4.90 Å². The Hall–Kier alpha value is -1.04. The third-order valence-corrected chi connectivity index (χ3v) is 3.10. The average Bonchev–Trinajstić information content (AvgIpc) is 2.25. The van der Waals surface area contributed by atoms with E-state index >= 15 is 0 Å². The molecule has 0 fully saturated rings. The molecule has 0 N–H and O–H groups in total. The Bertz CT molecular complexity index is 384. The van der Waals surface area contributed by atoms with E-state index in [1.807, 2.05) is 20.8 Å². The van der Waals surface area contributed by atoms with Gasteiger partial charge in [-0.15, -0.1) is 0 Å². The third kappa shape index (κ3) is 4.01. The zero-order chi connectivity index (χ0) is 13.9. The summed E-state index contributed by atoms with van der Waals surface area (Å²) in [4.78, 5) is 24.8. The lowest BCUT2D eigenvalue weighted by Gasteiger charge is -2.30. The smallest absolute Gasteiger partial charge is 0.410 e. The minimum absolute atomic E-state index is 0.333. The zero-order valence-electron chi connectivity index (χ0n) is 11.1. The van der Waals surface area contributed by atoms with Crippen molar-refractivity contribution in [3.05, 3.63) is 10.1 Å². The molecule has 0 bridgehead atoms. The molecule has 0 saturated heterocycles. The van der Waals surface area contributed by atoms with Gasteiger partial charge < -0.3 is 14.4 Å². The molecular weight excluding hydrogens is 302 g/mol. The van der Waals surface area contributed by atoms with Crippen LogP contribution in [0, 0.1) is 0 Å². The third-order valence-electron chi connectivity index (χ3n) is 2.37. The van der Waals surface area contributed by atoms with Crippen LogP contribution in [0.4, 0.5) is 4.79 Å². The van der Waals surface area contributed by atoms with Crippen molar-refractivity contribution in [1.82, 2.24) is 4.90 Å². The molecule has 0 spiro atoms. The van der Waals surface area contributed by atoms with E-state index in [2.05, 4.69) is 20.7 Å². The van der Waals surface area contributed by atoms with Crippen molar-refractivity contribution in [2.75, 3.05) is 20.2 Å². The monoisotopic (exact) mass is 319 g/mol. The molecule has 0 radical (unpaired) electrons. The average molecular weight is 320 g/mol. The van der Waals surface area contributed by atoms with Gasteiger partial charge in [0.2, 0.25) is 0 Å². The molecule has 1 amide bonds. The van der Waals surface area contributed by atoms with Crippen molar-refractivity contribution in [1.29, 1.82) is 0 Å². The fourth-order valence-electron chi connectivity index (χ4n) is 1.54. The molecule has 6 heteroatoms. The second-order valence-electron chi connectivity index (χ2n) is 5.03. The standard InChI is InChI=1S/C12H18BrNO4/c1-12(2,3)18-11(16)14-6-5-8(9(13)7-14)10(15)17-4/h5-7H2,1-4H3. The van der Waals surface area contributed by atoms with Crippen LogP contribution in [0.15, 0.2) is 10.1 Å². The minimum atomic E-state index is -0.518. The molecule has 0 unspecified atom stereocenters. The van der Waals surface area contributed by atoms with Crippen molar-refractivity contribution in [3.63, 3.8) is 0 Å². The first-order valence-corrected chi connectivity index (χ1v) is 6.47. The van der Waals surface area contributed by atoms with Crippen LogP contribution in [0.1, 0.15) is 27.2 Å². The second kappa shape index (κ2) is 5.73. The lowest BCUT2D eigenvalue weighted by atomic mass is 10.1. The predicted molar refractivity (Wildman–Crippen MR) is 70.4 cm³/mol. The van der Waals surface area contributed by atoms with E-state index < -0.39 is 5.60 Å². The Balaban J connectivity index is 2.69. The van der Waals surface area contributed by atoms with Crippen LogP contribution in [-0.2, 0) is 14.3 Å². The Morgan fingerprint density at radius 2 is 1.94 bits per heavy atom. The Morgan fingerprint density at radius 1 is 1.33 bits per heavy atom. The minimum Gasteiger partial charge on any atom is -0.466 e. The molecule has 0 atom stereocenters. The molecule has 18 heavy (non-hydrogen) atoms. The first-order valence-electron chi connectivity index (χ1n) is 5.68. The van der Waals surface area contributed by atoms with Gasteiger partial charge in [-0.2, -0.15) is 0 Å². The maximum atomic E-state index is 11.8. The molecular formula is C12H18BrNO4. The van der Waals surface area contributed by atoms with E-state index in [9.17, 15) is 9.59 Å². The number of ether oxygens (including phenoxy) is 2. The number of nitrogens with zero attached hydrogens (tertiary/aromatic N) is 1. The number of rotatable bonds is 1. The molecule has 0 saturated carbocycles. The number of halogens is 1. The SMILES string of the molecule is COC(=O)C1=C(Br)CN(C(=O)OC(C)(C)C)CC1. The van der Waals surface area contributed by atoms with Gasteiger partial charge in [0.25, 0.3) is 0 Å². The fourth-order valence-corrected chi connectivity index (χ4v) is 2.21. The molecule has 0 aromatic carbocycles. The quantitative estimate of drug-likeness (QED) is 0.697. The largest absolute Gasteiger partial charge is 0.466 e. The number of methoxy groups -OCH3 is 1. The van der Waals surface area contributed by atoms with Gasteiger partial charge >= 0.3 is 12.1 Å². The van der Waals surface area contributed by atoms with Gasteiger partial charge in [-0.3, -0.25) is 0 Å². The highest BCUT2D eigenvalue weighted by Crippen LogP contribution is 2.24. The fraction of sp³-hybridized carbons (Fsp3) is 0.667. The summed E-state index contributed by atoms with van der Waals surface area (Å²) in [5.41, 5.74) is 0.0629. The van der Waals surface area contributed by atoms with E-state index in [1.165, 1.54) is 7.11 Å². The van der Waals surface area contributed by atoms with E-state index in [4.69, 9.17) is 4.74 Å². The van der Waals surface area contributed by atoms with Crippen molar-refractivity contribution in [2.24, 2.45) is 0 Å². The summed E-state index contributed by atoms with van der Waals surface area (Å²) in [7, 11) is 1.34. The molecule has 1 heterocycles. The molecule has 1 aliphatic heterocycles. The summed E-state index contributed by atoms with van der Waals surface area (Å²) in [6.45, 7) is 6.24. The maximum Gasteiger partial charge on any atom is 0.410 e. The van der Waals surface area contributed by atoms with E-state index in [-0.39, 0.29) is 12.1 Å². The van der Waals surface area contributed by atoms with Crippen LogP contribution in [-0.4, -0.2) is 42.8 Å². The van der Waals surface area contributed by atoms with Crippen molar-refractivity contribution < 1.29 is 19.1 Å². The highest BCUT2D eigenvalue weighted by Gasteiger charge is 2.28. The molecule has 0 aromatic heterocycles. The molecule has 5 nitrogen and oxygen atoms in total. The topological polar surface area (TPSA) is 55.8 Å². The van der Waals surface area contributed by atoms with Gasteiger partial charge in [-0.1, -0.05) is 15.9 Å². The highest BCUT2D eigenvalue weighted by atomic mass is 79.9. The van der Waals surface area contributed by atoms with E-state index in [0.29, 0.717) is 29.6 Å². The van der Waals surface area contributed by atoms with Crippen LogP contribution < -0.4 is 0 Å². The number of carbonyl (C=O) groups excluding carboxylic acids is 2. The normalized spacial score (nSPS) is 16.6. The van der Waals surface area contributed by atoms with Crippen molar-refractivity contribution >= 4 is 28.0 Å². The number of esters is 1. The van der Waals surface area contributed by atoms with Crippen LogP contribution >= 0.6 is 15.9 Å². The number of carbonyl (C=O) groups is 2. The predicted octanol–water partition coefficient (Wildman–Crippen LogP) is 2.45. The van der Waals surface area contributed by atoms with Gasteiger partial charge in [0, 0.05) is 11.0 Å². The van der Waals surface area contributed by atoms with Crippen LogP contribution in [0.5, 0.6) is 0 Å². The van der Waals surface area contributed by atoms with Gasteiger partial charge in [-0.05, 0) is 27.2 Å². The Morgan fingerprint density at radius 3 is 2.39 bits per heavy atom. The van der Waals surface area contributed by atoms with Gasteiger partial charge in [0.1, 0.15) is 5.60 Å². The number of amides is 1. The summed E-state index contributed by atoms with van der Waals surface area (Å²) in [6, 6.07) is 0. The highest BCUT2D eigenvalue weighted by molar-refractivity contribution is 9.11. The molecule has 0 aliphatic carbocycles. The molecule has 1 rings (SSSR count). The Labute approximate surface area is 115 Å². The summed E-state index contributed by atoms with van der Waals surface area (Å²) < 4.78 is 10.6. The summed E-state index contributed by atoms with van der Waals surface area (Å²) in [5, 5.41) is 0. The second-order valence-corrected chi connectivity index (χ2v) is 5.98. The first-order chi connectivity index (χ1) is 8.24. The molecule has 102 valence electrons. The lowest BCUT2D eigenvalue weighted by molar-refractivity contribution is -0.136. The maximum absolute atomic E-state index is 11.8. The summed E-state index contributed by atoms with van der Waals surface area (Å²) in [5.74, 6) is -0.356. The van der Waals surface area contributed by atoms with Gasteiger partial charge in [-0.25, -0.2) is 9.59 Å². The van der Waals surface area contributed by atoms with Crippen LogP contribution in [0.25, 0.3) is 0 Å². The van der Waals surface area contributed by atoms with Gasteiger partial charge in [0.05, 0.1) is 19.2 Å². The zero-order valence-corrected chi connectivity index (χ0v) is 12.7. The molecule has 0 aromatic rings. The van der Waals surface area contributed by atoms with Crippen molar-refractivity contribution in [2.45, 2.75) is 32.8 Å². The first kappa shape index (κ1) is 15.0. The molecule has 1 aliphatic rings.